The third kappa shape index (κ3) is 3.50. The number of carbonyl (C=O) groups excluding carboxylic acids is 1. The van der Waals surface area contributed by atoms with Gasteiger partial charge in [0.2, 0.25) is 5.91 Å². The molecule has 1 fully saturated rings. The van der Waals surface area contributed by atoms with Gasteiger partial charge in [0, 0.05) is 20.1 Å². The lowest BCUT2D eigenvalue weighted by Gasteiger charge is -2.35. The molecular formula is C12H21N5O2S. The first-order valence-corrected chi connectivity index (χ1v) is 7.64. The summed E-state index contributed by atoms with van der Waals surface area (Å²) >= 11 is 1.39. The van der Waals surface area contributed by atoms with E-state index in [4.69, 9.17) is 10.5 Å². The predicted molar refractivity (Wildman–Crippen MR) is 76.2 cm³/mol. The molecule has 0 spiro atoms. The number of thioether (sulfide) groups is 1. The van der Waals surface area contributed by atoms with E-state index < -0.39 is 0 Å². The smallest absolute Gasteiger partial charge is 0.233 e. The van der Waals surface area contributed by atoms with Gasteiger partial charge in [0.1, 0.15) is 5.82 Å². The minimum Gasteiger partial charge on any atom is -0.372 e. The summed E-state index contributed by atoms with van der Waals surface area (Å²) in [4.78, 5) is 14.1. The summed E-state index contributed by atoms with van der Waals surface area (Å²) < 4.78 is 7.45. The summed E-state index contributed by atoms with van der Waals surface area (Å²) in [5.74, 6) is 1.18. The summed E-state index contributed by atoms with van der Waals surface area (Å²) in [6.45, 7) is 5.61. The predicted octanol–water partition coefficient (Wildman–Crippen LogP) is 0.00170. The Morgan fingerprint density at radius 1 is 1.40 bits per heavy atom. The van der Waals surface area contributed by atoms with Crippen molar-refractivity contribution in [3.05, 3.63) is 5.82 Å². The molecule has 1 aliphatic heterocycles. The fourth-order valence-electron chi connectivity index (χ4n) is 2.25. The molecule has 0 radical (unpaired) electrons. The van der Waals surface area contributed by atoms with E-state index in [1.165, 1.54) is 11.8 Å². The molecule has 2 unspecified atom stereocenters. The minimum atomic E-state index is 0.0892. The first-order chi connectivity index (χ1) is 9.51. The summed E-state index contributed by atoms with van der Waals surface area (Å²) in [6, 6.07) is 0. The lowest BCUT2D eigenvalue weighted by molar-refractivity contribution is -0.140. The van der Waals surface area contributed by atoms with Crippen molar-refractivity contribution in [2.24, 2.45) is 12.8 Å². The third-order valence-corrected chi connectivity index (χ3v) is 4.21. The van der Waals surface area contributed by atoms with Crippen molar-refractivity contribution in [3.8, 4) is 0 Å². The second kappa shape index (κ2) is 6.55. The number of carbonyl (C=O) groups is 1. The van der Waals surface area contributed by atoms with E-state index in [2.05, 4.69) is 10.2 Å². The van der Waals surface area contributed by atoms with Crippen LogP contribution < -0.4 is 5.73 Å². The van der Waals surface area contributed by atoms with Gasteiger partial charge in [0.05, 0.1) is 24.5 Å². The maximum atomic E-state index is 12.2. The van der Waals surface area contributed by atoms with Gasteiger partial charge in [-0.05, 0) is 13.8 Å². The van der Waals surface area contributed by atoms with Crippen molar-refractivity contribution < 1.29 is 9.53 Å². The number of nitrogens with two attached hydrogens (primary N) is 1. The van der Waals surface area contributed by atoms with E-state index >= 15 is 0 Å². The van der Waals surface area contributed by atoms with E-state index in [1.807, 2.05) is 30.4 Å². The SMILES string of the molecule is CC1CN(C(=O)CSc2nnc(CN)n2C)CC(C)O1. The number of aromatic nitrogens is 3. The molecule has 2 atom stereocenters. The maximum Gasteiger partial charge on any atom is 0.233 e. The summed E-state index contributed by atoms with van der Waals surface area (Å²) in [5, 5.41) is 8.72. The van der Waals surface area contributed by atoms with Crippen molar-refractivity contribution >= 4 is 17.7 Å². The van der Waals surface area contributed by atoms with E-state index in [9.17, 15) is 4.79 Å². The number of hydrogen-bond donors (Lipinski definition) is 1. The molecule has 1 aromatic rings. The van der Waals surface area contributed by atoms with Crippen molar-refractivity contribution in [3.63, 3.8) is 0 Å². The number of amides is 1. The first kappa shape index (κ1) is 15.3. The number of hydrogen-bond acceptors (Lipinski definition) is 6. The molecule has 112 valence electrons. The zero-order valence-electron chi connectivity index (χ0n) is 12.1. The molecule has 0 aromatic carbocycles. The molecule has 0 saturated carbocycles. The monoisotopic (exact) mass is 299 g/mol. The van der Waals surface area contributed by atoms with Gasteiger partial charge in [-0.15, -0.1) is 10.2 Å². The highest BCUT2D eigenvalue weighted by Crippen LogP contribution is 2.18. The molecular weight excluding hydrogens is 278 g/mol. The van der Waals surface area contributed by atoms with Crippen LogP contribution >= 0.6 is 11.8 Å². The van der Waals surface area contributed by atoms with Crippen molar-refractivity contribution in [1.29, 1.82) is 0 Å². The fraction of sp³-hybridized carbons (Fsp3) is 0.750. The Kier molecular flexibility index (Phi) is 5.00. The van der Waals surface area contributed by atoms with Gasteiger partial charge >= 0.3 is 0 Å². The zero-order valence-corrected chi connectivity index (χ0v) is 12.9. The average Bonchev–Trinajstić information content (AvgIpc) is 2.75. The van der Waals surface area contributed by atoms with Gasteiger partial charge in [-0.25, -0.2) is 0 Å². The molecule has 0 aliphatic carbocycles. The van der Waals surface area contributed by atoms with Crippen LogP contribution in [0.1, 0.15) is 19.7 Å². The molecule has 20 heavy (non-hydrogen) atoms. The number of ether oxygens (including phenoxy) is 1. The Labute approximate surface area is 122 Å². The highest BCUT2D eigenvalue weighted by Gasteiger charge is 2.26. The average molecular weight is 299 g/mol. The number of rotatable bonds is 4. The lowest BCUT2D eigenvalue weighted by Crippen LogP contribution is -2.48. The van der Waals surface area contributed by atoms with E-state index in [1.54, 1.807) is 0 Å². The maximum absolute atomic E-state index is 12.2. The summed E-state index contributed by atoms with van der Waals surface area (Å²) in [7, 11) is 1.86. The highest BCUT2D eigenvalue weighted by molar-refractivity contribution is 7.99. The second-order valence-electron chi connectivity index (χ2n) is 5.01. The zero-order chi connectivity index (χ0) is 14.7. The van der Waals surface area contributed by atoms with Gasteiger partial charge in [0.25, 0.3) is 0 Å². The second-order valence-corrected chi connectivity index (χ2v) is 5.95. The highest BCUT2D eigenvalue weighted by atomic mass is 32.2. The Hall–Kier alpha value is -1.12. The van der Waals surface area contributed by atoms with Crippen LogP contribution in [0.5, 0.6) is 0 Å². The Morgan fingerprint density at radius 3 is 2.60 bits per heavy atom. The molecule has 2 N–H and O–H groups in total. The van der Waals surface area contributed by atoms with Crippen LogP contribution in [0.25, 0.3) is 0 Å². The third-order valence-electron chi connectivity index (χ3n) is 3.20. The normalized spacial score (nSPS) is 23.1. The summed E-state index contributed by atoms with van der Waals surface area (Å²) in [6.07, 6.45) is 0.178. The molecule has 2 rings (SSSR count). The molecule has 8 heteroatoms. The van der Waals surface area contributed by atoms with Crippen LogP contribution in [-0.2, 0) is 23.1 Å². The number of morpholine rings is 1. The molecule has 7 nitrogen and oxygen atoms in total. The topological polar surface area (TPSA) is 86.3 Å². The van der Waals surface area contributed by atoms with Crippen LogP contribution in [0.3, 0.4) is 0 Å². The van der Waals surface area contributed by atoms with Gasteiger partial charge in [0.15, 0.2) is 5.16 Å². The molecule has 2 heterocycles. The largest absolute Gasteiger partial charge is 0.372 e. The fourth-order valence-corrected chi connectivity index (χ4v) is 3.08. The lowest BCUT2D eigenvalue weighted by atomic mass is 10.2. The van der Waals surface area contributed by atoms with Gasteiger partial charge in [-0.3, -0.25) is 4.79 Å². The van der Waals surface area contributed by atoms with Crippen LogP contribution in [0, 0.1) is 0 Å². The van der Waals surface area contributed by atoms with Crippen molar-refractivity contribution in [2.45, 2.75) is 37.8 Å². The Bertz CT molecular complexity index is 468. The van der Waals surface area contributed by atoms with E-state index in [0.717, 1.165) is 0 Å². The quantitative estimate of drug-likeness (QED) is 0.788. The molecule has 1 aromatic heterocycles. The molecule has 1 aliphatic rings. The van der Waals surface area contributed by atoms with Gasteiger partial charge in [-0.1, -0.05) is 11.8 Å². The Morgan fingerprint density at radius 2 is 2.05 bits per heavy atom. The number of nitrogens with zero attached hydrogens (tertiary/aromatic N) is 4. The standard InChI is InChI=1S/C12H21N5O2S/c1-8-5-17(6-9(2)19-8)11(18)7-20-12-15-14-10(4-13)16(12)3/h8-9H,4-7,13H2,1-3H3. The molecule has 1 amide bonds. The van der Waals surface area contributed by atoms with Crippen LogP contribution in [0.15, 0.2) is 5.16 Å². The first-order valence-electron chi connectivity index (χ1n) is 6.65. The van der Waals surface area contributed by atoms with Gasteiger partial charge in [-0.2, -0.15) is 0 Å². The van der Waals surface area contributed by atoms with Crippen molar-refractivity contribution in [2.75, 3.05) is 18.8 Å². The van der Waals surface area contributed by atoms with E-state index in [0.29, 0.717) is 36.4 Å². The molecule has 1 saturated heterocycles. The van der Waals surface area contributed by atoms with Crippen LogP contribution in [0.4, 0.5) is 0 Å². The van der Waals surface area contributed by atoms with Crippen LogP contribution in [0.2, 0.25) is 0 Å². The molecule has 0 bridgehead atoms. The minimum absolute atomic E-state index is 0.0892. The Balaban J connectivity index is 1.90. The van der Waals surface area contributed by atoms with Crippen LogP contribution in [-0.4, -0.2) is 56.6 Å². The summed E-state index contributed by atoms with van der Waals surface area (Å²) in [5.41, 5.74) is 5.55. The van der Waals surface area contributed by atoms with E-state index in [-0.39, 0.29) is 18.1 Å². The van der Waals surface area contributed by atoms with Crippen molar-refractivity contribution in [1.82, 2.24) is 19.7 Å². The van der Waals surface area contributed by atoms with Gasteiger partial charge < -0.3 is 19.9 Å².